The largest absolute Gasteiger partial charge is 0.454 e. The number of rotatable bonds is 3. The molecule has 28 heavy (non-hydrogen) atoms. The predicted octanol–water partition coefficient (Wildman–Crippen LogP) is 2.24. The first-order valence-corrected chi connectivity index (χ1v) is 9.50. The second-order valence-electron chi connectivity index (χ2n) is 7.23. The van der Waals surface area contributed by atoms with Gasteiger partial charge in [-0.1, -0.05) is 24.3 Å². The molecule has 7 heteroatoms. The van der Waals surface area contributed by atoms with Crippen molar-refractivity contribution in [2.45, 2.75) is 13.0 Å². The number of amides is 3. The van der Waals surface area contributed by atoms with E-state index >= 15 is 0 Å². The van der Waals surface area contributed by atoms with Gasteiger partial charge in [0.25, 0.3) is 0 Å². The lowest BCUT2D eigenvalue weighted by molar-refractivity contribution is -0.132. The van der Waals surface area contributed by atoms with Crippen LogP contribution in [0.5, 0.6) is 11.5 Å². The highest BCUT2D eigenvalue weighted by Gasteiger charge is 2.33. The monoisotopic (exact) mass is 379 g/mol. The van der Waals surface area contributed by atoms with E-state index in [1.54, 1.807) is 9.80 Å². The lowest BCUT2D eigenvalue weighted by atomic mass is 10.00. The lowest BCUT2D eigenvalue weighted by Gasteiger charge is -2.30. The molecule has 0 bridgehead atoms. The topological polar surface area (TPSA) is 62.3 Å². The summed E-state index contributed by atoms with van der Waals surface area (Å²) < 4.78 is 10.7. The standard InChI is InChI=1S/C21H21N3O4/c25-20(22-8-7-15-3-1-2-4-16(15)12-22)13-23-9-10-24(21(23)26)17-5-6-18-19(11-17)28-14-27-18/h1-6,11H,7-10,12-14H2. The molecule has 0 aromatic heterocycles. The van der Waals surface area contributed by atoms with Gasteiger partial charge in [0.05, 0.1) is 0 Å². The molecule has 0 N–H and O–H groups in total. The number of benzene rings is 2. The highest BCUT2D eigenvalue weighted by Crippen LogP contribution is 2.36. The number of urea groups is 1. The average molecular weight is 379 g/mol. The van der Waals surface area contributed by atoms with Crippen molar-refractivity contribution in [3.05, 3.63) is 53.6 Å². The average Bonchev–Trinajstić information content (AvgIpc) is 3.34. The molecule has 3 heterocycles. The van der Waals surface area contributed by atoms with Gasteiger partial charge in [0.1, 0.15) is 6.54 Å². The van der Waals surface area contributed by atoms with Crippen LogP contribution in [-0.2, 0) is 17.8 Å². The maximum Gasteiger partial charge on any atom is 0.325 e. The molecule has 5 rings (SSSR count). The molecule has 3 aliphatic heterocycles. The van der Waals surface area contributed by atoms with E-state index in [2.05, 4.69) is 12.1 Å². The maximum atomic E-state index is 12.8. The van der Waals surface area contributed by atoms with E-state index in [1.807, 2.05) is 35.2 Å². The molecular formula is C21H21N3O4. The van der Waals surface area contributed by atoms with Crippen LogP contribution >= 0.6 is 0 Å². The van der Waals surface area contributed by atoms with Crippen LogP contribution in [0, 0.1) is 0 Å². The molecule has 1 saturated heterocycles. The van der Waals surface area contributed by atoms with Crippen LogP contribution < -0.4 is 14.4 Å². The van der Waals surface area contributed by atoms with Gasteiger partial charge >= 0.3 is 6.03 Å². The second kappa shape index (κ2) is 6.74. The van der Waals surface area contributed by atoms with Crippen molar-refractivity contribution < 1.29 is 19.1 Å². The number of ether oxygens (including phenoxy) is 2. The van der Waals surface area contributed by atoms with Crippen molar-refractivity contribution in [3.8, 4) is 11.5 Å². The van der Waals surface area contributed by atoms with Crippen molar-refractivity contribution in [2.24, 2.45) is 0 Å². The Bertz CT molecular complexity index is 945. The third-order valence-electron chi connectivity index (χ3n) is 5.57. The third-order valence-corrected chi connectivity index (χ3v) is 5.57. The molecule has 144 valence electrons. The first-order chi connectivity index (χ1) is 13.7. The van der Waals surface area contributed by atoms with Crippen molar-refractivity contribution in [2.75, 3.05) is 37.9 Å². The number of anilines is 1. The van der Waals surface area contributed by atoms with Gasteiger partial charge in [-0.3, -0.25) is 9.69 Å². The molecule has 2 aromatic rings. The van der Waals surface area contributed by atoms with Gasteiger partial charge in [-0.25, -0.2) is 4.79 Å². The predicted molar refractivity (Wildman–Crippen MR) is 102 cm³/mol. The molecule has 1 fully saturated rings. The summed E-state index contributed by atoms with van der Waals surface area (Å²) >= 11 is 0. The maximum absolute atomic E-state index is 12.8. The van der Waals surface area contributed by atoms with Crippen LogP contribution in [-0.4, -0.2) is 54.7 Å². The summed E-state index contributed by atoms with van der Waals surface area (Å²) in [5, 5.41) is 0. The minimum Gasteiger partial charge on any atom is -0.454 e. The van der Waals surface area contributed by atoms with Gasteiger partial charge in [-0.15, -0.1) is 0 Å². The summed E-state index contributed by atoms with van der Waals surface area (Å²) in [6.07, 6.45) is 0.860. The minimum absolute atomic E-state index is 0.00427. The molecule has 7 nitrogen and oxygen atoms in total. The van der Waals surface area contributed by atoms with Gasteiger partial charge in [-0.2, -0.15) is 0 Å². The molecule has 0 unspecified atom stereocenters. The first kappa shape index (κ1) is 16.9. The summed E-state index contributed by atoms with van der Waals surface area (Å²) in [6, 6.07) is 13.5. The molecule has 0 spiro atoms. The zero-order valence-electron chi connectivity index (χ0n) is 15.5. The molecule has 3 amide bonds. The smallest absolute Gasteiger partial charge is 0.325 e. The molecule has 0 saturated carbocycles. The van der Waals surface area contributed by atoms with Gasteiger partial charge in [0.2, 0.25) is 12.7 Å². The summed E-state index contributed by atoms with van der Waals surface area (Å²) in [4.78, 5) is 30.8. The Morgan fingerprint density at radius 2 is 1.79 bits per heavy atom. The Kier molecular flexibility index (Phi) is 4.07. The first-order valence-electron chi connectivity index (χ1n) is 9.50. The van der Waals surface area contributed by atoms with Crippen LogP contribution in [0.4, 0.5) is 10.5 Å². The summed E-state index contributed by atoms with van der Waals surface area (Å²) in [7, 11) is 0. The zero-order valence-corrected chi connectivity index (χ0v) is 15.5. The fourth-order valence-electron chi connectivity index (χ4n) is 3.99. The van der Waals surface area contributed by atoms with Crippen molar-refractivity contribution >= 4 is 17.6 Å². The minimum atomic E-state index is -0.148. The second-order valence-corrected chi connectivity index (χ2v) is 7.23. The van der Waals surface area contributed by atoms with Gasteiger partial charge < -0.3 is 19.3 Å². The van der Waals surface area contributed by atoms with Crippen LogP contribution in [0.3, 0.4) is 0 Å². The fraction of sp³-hybridized carbons (Fsp3) is 0.333. The Hall–Kier alpha value is -3.22. The highest BCUT2D eigenvalue weighted by atomic mass is 16.7. The Morgan fingerprint density at radius 3 is 2.68 bits per heavy atom. The van der Waals surface area contributed by atoms with Crippen LogP contribution in [0.25, 0.3) is 0 Å². The number of hydrogen-bond acceptors (Lipinski definition) is 4. The third kappa shape index (κ3) is 2.93. The zero-order chi connectivity index (χ0) is 19.1. The van der Waals surface area contributed by atoms with E-state index < -0.39 is 0 Å². The van der Waals surface area contributed by atoms with Gasteiger partial charge in [-0.05, 0) is 29.7 Å². The number of nitrogens with zero attached hydrogens (tertiary/aromatic N) is 3. The van der Waals surface area contributed by atoms with E-state index in [-0.39, 0.29) is 25.3 Å². The van der Waals surface area contributed by atoms with Gasteiger partial charge in [0, 0.05) is 37.9 Å². The van der Waals surface area contributed by atoms with Crippen LogP contribution in [0.15, 0.2) is 42.5 Å². The molecular weight excluding hydrogens is 358 g/mol. The highest BCUT2D eigenvalue weighted by molar-refractivity contribution is 5.96. The molecule has 2 aromatic carbocycles. The molecule has 3 aliphatic rings. The Morgan fingerprint density at radius 1 is 0.964 bits per heavy atom. The summed E-state index contributed by atoms with van der Waals surface area (Å²) in [5.41, 5.74) is 3.26. The number of fused-ring (bicyclic) bond motifs is 2. The summed E-state index contributed by atoms with van der Waals surface area (Å²) in [5.74, 6) is 1.33. The number of carbonyl (C=O) groups excluding carboxylic acids is 2. The Balaban J connectivity index is 1.24. The van der Waals surface area contributed by atoms with Crippen molar-refractivity contribution in [1.82, 2.24) is 9.80 Å². The van der Waals surface area contributed by atoms with E-state index in [1.165, 1.54) is 11.1 Å². The van der Waals surface area contributed by atoms with Gasteiger partial charge in [0.15, 0.2) is 11.5 Å². The Labute approximate surface area is 163 Å². The van der Waals surface area contributed by atoms with E-state index in [9.17, 15) is 9.59 Å². The van der Waals surface area contributed by atoms with Crippen molar-refractivity contribution in [3.63, 3.8) is 0 Å². The van der Waals surface area contributed by atoms with E-state index in [0.717, 1.165) is 12.1 Å². The molecule has 0 aliphatic carbocycles. The van der Waals surface area contributed by atoms with E-state index in [4.69, 9.17) is 9.47 Å². The van der Waals surface area contributed by atoms with Crippen LogP contribution in [0.2, 0.25) is 0 Å². The molecule has 0 atom stereocenters. The molecule has 0 radical (unpaired) electrons. The quantitative estimate of drug-likeness (QED) is 0.821. The number of hydrogen-bond donors (Lipinski definition) is 0. The summed E-state index contributed by atoms with van der Waals surface area (Å²) in [6.45, 7) is 2.71. The fourth-order valence-corrected chi connectivity index (χ4v) is 3.99. The van der Waals surface area contributed by atoms with Crippen LogP contribution in [0.1, 0.15) is 11.1 Å². The normalized spacial score (nSPS) is 17.9. The van der Waals surface area contributed by atoms with Crippen molar-refractivity contribution in [1.29, 1.82) is 0 Å². The van der Waals surface area contributed by atoms with E-state index in [0.29, 0.717) is 37.7 Å². The lowest BCUT2D eigenvalue weighted by Crippen LogP contribution is -2.44. The SMILES string of the molecule is O=C(CN1CCN(c2ccc3c(c2)OCO3)C1=O)N1CCc2ccccc2C1. The number of carbonyl (C=O) groups is 2.